The molecule has 5 rings (SSSR count). The number of hydrogen-bond acceptors (Lipinski definition) is 8. The van der Waals surface area contributed by atoms with E-state index in [1.165, 1.54) is 10.4 Å². The number of halogens is 1. The summed E-state index contributed by atoms with van der Waals surface area (Å²) in [7, 11) is -4.03. The van der Waals surface area contributed by atoms with Crippen LogP contribution in [0.5, 0.6) is 0 Å². The van der Waals surface area contributed by atoms with Gasteiger partial charge in [0.25, 0.3) is 0 Å². The molecule has 0 spiro atoms. The molecule has 0 saturated carbocycles. The van der Waals surface area contributed by atoms with E-state index in [0.717, 1.165) is 16.5 Å². The average Bonchev–Trinajstić information content (AvgIpc) is 2.92. The number of aromatic nitrogens is 3. The number of anilines is 1. The van der Waals surface area contributed by atoms with Crippen LogP contribution in [0, 0.1) is 0 Å². The van der Waals surface area contributed by atoms with Gasteiger partial charge in [0.2, 0.25) is 27.8 Å². The molecule has 2 aromatic heterocycles. The van der Waals surface area contributed by atoms with Gasteiger partial charge in [-0.3, -0.25) is 14.6 Å². The fraction of sp³-hybridized carbons (Fsp3) is 0.222. The molecule has 13 heteroatoms. The summed E-state index contributed by atoms with van der Waals surface area (Å²) in [6, 6.07) is 12.1. The second-order valence-electron chi connectivity index (χ2n) is 9.54. The van der Waals surface area contributed by atoms with Crippen LogP contribution < -0.4 is 16.4 Å². The minimum atomic E-state index is -4.03. The lowest BCUT2D eigenvalue weighted by molar-refractivity contribution is -0.118. The van der Waals surface area contributed by atoms with E-state index in [-0.39, 0.29) is 36.8 Å². The summed E-state index contributed by atoms with van der Waals surface area (Å²) in [4.78, 5) is 38.9. The first-order valence-electron chi connectivity index (χ1n) is 12.4. The number of nitrogens with two attached hydrogens (primary N) is 2. The van der Waals surface area contributed by atoms with E-state index < -0.39 is 33.9 Å². The Morgan fingerprint density at radius 3 is 2.02 bits per heavy atom. The first-order valence-corrected chi connectivity index (χ1v) is 14.2. The quantitative estimate of drug-likeness (QED) is 0.321. The molecule has 1 aliphatic rings. The highest BCUT2D eigenvalue weighted by molar-refractivity contribution is 7.89. The monoisotopic (exact) mass is 579 g/mol. The van der Waals surface area contributed by atoms with Crippen LogP contribution in [-0.2, 0) is 19.6 Å². The Kier molecular flexibility index (Phi) is 7.66. The molecule has 3 heterocycles. The zero-order chi connectivity index (χ0) is 28.4. The maximum absolute atomic E-state index is 13.8. The predicted molar refractivity (Wildman–Crippen MR) is 151 cm³/mol. The summed E-state index contributed by atoms with van der Waals surface area (Å²) < 4.78 is 28.9. The van der Waals surface area contributed by atoms with Crippen molar-refractivity contribution in [2.24, 2.45) is 11.5 Å². The third-order valence-corrected chi connectivity index (χ3v) is 8.85. The maximum atomic E-state index is 13.8. The number of rotatable bonds is 8. The number of sulfonamides is 1. The molecule has 2 aromatic carbocycles. The van der Waals surface area contributed by atoms with E-state index in [1.54, 1.807) is 60.0 Å². The molecule has 0 bridgehead atoms. The van der Waals surface area contributed by atoms with E-state index in [1.807, 2.05) is 12.1 Å². The Balaban J connectivity index is 1.50. The van der Waals surface area contributed by atoms with Gasteiger partial charge in [0.05, 0.1) is 17.0 Å². The molecule has 1 aliphatic heterocycles. The van der Waals surface area contributed by atoms with Crippen LogP contribution in [0.2, 0.25) is 5.02 Å². The molecule has 206 valence electrons. The molecule has 2 amide bonds. The van der Waals surface area contributed by atoms with Crippen molar-refractivity contribution in [3.05, 3.63) is 78.3 Å². The van der Waals surface area contributed by atoms with Gasteiger partial charge in [-0.25, -0.2) is 18.4 Å². The predicted octanol–water partition coefficient (Wildman–Crippen LogP) is 2.34. The van der Waals surface area contributed by atoms with Crippen LogP contribution in [0.25, 0.3) is 21.9 Å². The number of primary amides is 2. The molecule has 11 nitrogen and oxygen atoms in total. The second kappa shape index (κ2) is 11.2. The number of amides is 2. The van der Waals surface area contributed by atoms with Gasteiger partial charge in [0, 0.05) is 61.3 Å². The number of pyridine rings is 1. The highest BCUT2D eigenvalue weighted by Gasteiger charge is 2.42. The van der Waals surface area contributed by atoms with Crippen molar-refractivity contribution in [2.75, 3.05) is 18.0 Å². The first kappa shape index (κ1) is 27.4. The van der Waals surface area contributed by atoms with Crippen molar-refractivity contribution in [3.63, 3.8) is 0 Å². The fourth-order valence-corrected chi connectivity index (χ4v) is 6.72. The van der Waals surface area contributed by atoms with Gasteiger partial charge in [-0.2, -0.15) is 4.31 Å². The van der Waals surface area contributed by atoms with E-state index in [2.05, 4.69) is 15.0 Å². The van der Waals surface area contributed by atoms with Crippen LogP contribution >= 0.6 is 11.6 Å². The van der Waals surface area contributed by atoms with Crippen LogP contribution in [0.15, 0.2) is 78.2 Å². The summed E-state index contributed by atoms with van der Waals surface area (Å²) in [6.45, 7) is -0.149. The summed E-state index contributed by atoms with van der Waals surface area (Å²) in [5.74, 6) is -1.04. The summed E-state index contributed by atoms with van der Waals surface area (Å²) in [6.07, 6.45) is 6.16. The third-order valence-electron chi connectivity index (χ3n) is 6.78. The lowest BCUT2D eigenvalue weighted by Gasteiger charge is -2.45. The topological polar surface area (TPSA) is 165 Å². The van der Waals surface area contributed by atoms with E-state index in [4.69, 9.17) is 23.1 Å². The number of carbonyl (C=O) groups is 2. The largest absolute Gasteiger partial charge is 0.370 e. The highest BCUT2D eigenvalue weighted by Crippen LogP contribution is 2.31. The Hall–Kier alpha value is -4.13. The minimum absolute atomic E-state index is 0.0735. The molecular weight excluding hydrogens is 554 g/mol. The molecule has 0 aliphatic carbocycles. The van der Waals surface area contributed by atoms with Crippen molar-refractivity contribution in [2.45, 2.75) is 29.8 Å². The lowest BCUT2D eigenvalue weighted by atomic mass is 10.0. The van der Waals surface area contributed by atoms with Crippen LogP contribution in [-0.4, -0.2) is 64.7 Å². The molecular formula is C27H26ClN7O4S. The number of hydrogen-bond donors (Lipinski definition) is 2. The van der Waals surface area contributed by atoms with Crippen LogP contribution in [0.4, 0.5) is 5.95 Å². The standard InChI is InChI=1S/C27H26ClN7O4S/c28-21-3-1-19-10-24(4-2-18(19)9-21)40(38,39)34-15-22(11-25(29)36)35(23(16-34)12-26(30)37)27-32-13-20(14-33-27)17-5-7-31-8-6-17/h1-10,13-14,22-23H,11-12,15-16H2,(H2,29,36)(H2,30,37). The Bertz CT molecular complexity index is 1640. The van der Waals surface area contributed by atoms with E-state index in [0.29, 0.717) is 10.4 Å². The molecule has 0 radical (unpaired) electrons. The van der Waals surface area contributed by atoms with Crippen molar-refractivity contribution in [1.82, 2.24) is 19.3 Å². The molecule has 4 N–H and O–H groups in total. The van der Waals surface area contributed by atoms with Gasteiger partial charge < -0.3 is 16.4 Å². The number of benzene rings is 2. The second-order valence-corrected chi connectivity index (χ2v) is 11.9. The Labute approximate surface area is 235 Å². The molecule has 2 unspecified atom stereocenters. The SMILES string of the molecule is NC(=O)CC1CN(S(=O)(=O)c2ccc3cc(Cl)ccc3c2)CC(CC(N)=O)N1c1ncc(-c2ccncc2)cn1. The summed E-state index contributed by atoms with van der Waals surface area (Å²) in [5, 5.41) is 2.04. The van der Waals surface area contributed by atoms with E-state index in [9.17, 15) is 18.0 Å². The number of nitrogens with zero attached hydrogens (tertiary/aromatic N) is 5. The minimum Gasteiger partial charge on any atom is -0.370 e. The Morgan fingerprint density at radius 1 is 0.850 bits per heavy atom. The van der Waals surface area contributed by atoms with Gasteiger partial charge in [-0.05, 0) is 52.7 Å². The average molecular weight is 580 g/mol. The molecule has 4 aromatic rings. The van der Waals surface area contributed by atoms with Crippen LogP contribution in [0.3, 0.4) is 0 Å². The number of carbonyl (C=O) groups excluding carboxylic acids is 2. The number of piperazine rings is 1. The normalized spacial score (nSPS) is 18.1. The molecule has 1 fully saturated rings. The van der Waals surface area contributed by atoms with E-state index >= 15 is 0 Å². The van der Waals surface area contributed by atoms with Gasteiger partial charge in [0.1, 0.15) is 0 Å². The number of fused-ring (bicyclic) bond motifs is 1. The molecule has 40 heavy (non-hydrogen) atoms. The van der Waals surface area contributed by atoms with Gasteiger partial charge in [0.15, 0.2) is 0 Å². The molecule has 1 saturated heterocycles. The summed E-state index contributed by atoms with van der Waals surface area (Å²) >= 11 is 6.07. The Morgan fingerprint density at radius 2 is 1.43 bits per heavy atom. The van der Waals surface area contributed by atoms with Gasteiger partial charge in [-0.15, -0.1) is 0 Å². The van der Waals surface area contributed by atoms with Crippen LogP contribution in [0.1, 0.15) is 12.8 Å². The summed E-state index contributed by atoms with van der Waals surface area (Å²) in [5.41, 5.74) is 12.7. The van der Waals surface area contributed by atoms with Crippen molar-refractivity contribution in [1.29, 1.82) is 0 Å². The smallest absolute Gasteiger partial charge is 0.243 e. The maximum Gasteiger partial charge on any atom is 0.243 e. The highest BCUT2D eigenvalue weighted by atomic mass is 35.5. The lowest BCUT2D eigenvalue weighted by Crippen LogP contribution is -2.62. The third kappa shape index (κ3) is 5.74. The van der Waals surface area contributed by atoms with Crippen molar-refractivity contribution >= 4 is 50.2 Å². The fourth-order valence-electron chi connectivity index (χ4n) is 4.98. The zero-order valence-corrected chi connectivity index (χ0v) is 22.8. The van der Waals surface area contributed by atoms with Crippen molar-refractivity contribution < 1.29 is 18.0 Å². The van der Waals surface area contributed by atoms with Crippen molar-refractivity contribution in [3.8, 4) is 11.1 Å². The van der Waals surface area contributed by atoms with Gasteiger partial charge >= 0.3 is 0 Å². The zero-order valence-electron chi connectivity index (χ0n) is 21.2. The molecule has 2 atom stereocenters. The van der Waals surface area contributed by atoms with Gasteiger partial charge in [-0.1, -0.05) is 23.7 Å². The first-order chi connectivity index (χ1) is 19.1.